The van der Waals surface area contributed by atoms with Crippen LogP contribution in [0.5, 0.6) is 28.7 Å². The number of hydrogen-bond acceptors (Lipinski definition) is 7. The molecule has 4 aromatic rings. The number of hydrogen-bond donors (Lipinski definition) is 2. The van der Waals surface area contributed by atoms with E-state index in [0.717, 1.165) is 16.7 Å². The molecule has 4 aromatic carbocycles. The van der Waals surface area contributed by atoms with Gasteiger partial charge in [0.1, 0.15) is 5.75 Å². The molecule has 0 bridgehead atoms. The number of benzene rings is 4. The van der Waals surface area contributed by atoms with E-state index in [9.17, 15) is 10.0 Å². The summed E-state index contributed by atoms with van der Waals surface area (Å²) in [5.41, 5.74) is 4.02. The molecule has 2 heterocycles. The Morgan fingerprint density at radius 3 is 1.84 bits per heavy atom. The first-order valence-corrected chi connectivity index (χ1v) is 12.1. The molecule has 0 aliphatic carbocycles. The van der Waals surface area contributed by atoms with Crippen LogP contribution in [0.25, 0.3) is 0 Å². The lowest BCUT2D eigenvalue weighted by atomic mass is 9.87. The summed E-state index contributed by atoms with van der Waals surface area (Å²) in [6, 6.07) is 28.0. The van der Waals surface area contributed by atoms with Crippen LogP contribution in [0.1, 0.15) is 35.1 Å². The summed E-state index contributed by atoms with van der Waals surface area (Å²) in [5, 5.41) is 9.36. The van der Waals surface area contributed by atoms with Crippen LogP contribution in [0, 0.1) is 0 Å². The van der Waals surface area contributed by atoms with Crippen LogP contribution < -0.4 is 29.2 Å². The Labute approximate surface area is 219 Å². The highest BCUT2D eigenvalue weighted by Crippen LogP contribution is 2.43. The molecule has 1 amide bonds. The van der Waals surface area contributed by atoms with Crippen molar-refractivity contribution in [3.8, 4) is 28.7 Å². The van der Waals surface area contributed by atoms with Crippen LogP contribution in [-0.2, 0) is 10.4 Å². The Kier molecular flexibility index (Phi) is 6.01. The van der Waals surface area contributed by atoms with Crippen LogP contribution in [0.4, 0.5) is 0 Å². The standard InChI is InChI=1S/C30H25NO7/c1-30(21-9-13-24-26(15-21)36-17-34-24,22-10-14-25-27(16-22)37-18-35-25)38-23-11-7-20(8-12-23)28(29(32)31-33)19-5-3-2-4-6-19/h2-16,28,33H,17-18H2,1H3,(H,31,32). The number of carbonyl (C=O) groups excluding carboxylic acids is 1. The third-order valence-electron chi connectivity index (χ3n) is 6.89. The van der Waals surface area contributed by atoms with E-state index in [4.69, 9.17) is 23.7 Å². The van der Waals surface area contributed by atoms with Crippen molar-refractivity contribution in [2.45, 2.75) is 18.4 Å². The highest BCUT2D eigenvalue weighted by molar-refractivity contribution is 5.86. The zero-order valence-electron chi connectivity index (χ0n) is 20.5. The fourth-order valence-corrected chi connectivity index (χ4v) is 4.84. The molecule has 0 saturated carbocycles. The van der Waals surface area contributed by atoms with Crippen molar-refractivity contribution in [2.24, 2.45) is 0 Å². The molecule has 1 unspecified atom stereocenters. The van der Waals surface area contributed by atoms with E-state index in [0.29, 0.717) is 34.3 Å². The summed E-state index contributed by atoms with van der Waals surface area (Å²) in [5.74, 6) is 2.05. The molecule has 38 heavy (non-hydrogen) atoms. The van der Waals surface area contributed by atoms with Crippen LogP contribution in [-0.4, -0.2) is 24.7 Å². The largest absolute Gasteiger partial charge is 0.478 e. The molecule has 2 N–H and O–H groups in total. The summed E-state index contributed by atoms with van der Waals surface area (Å²) in [4.78, 5) is 12.5. The summed E-state index contributed by atoms with van der Waals surface area (Å²) >= 11 is 0. The van der Waals surface area contributed by atoms with Crippen molar-refractivity contribution < 1.29 is 33.7 Å². The molecule has 192 valence electrons. The highest BCUT2D eigenvalue weighted by atomic mass is 16.7. The summed E-state index contributed by atoms with van der Waals surface area (Å²) in [6.45, 7) is 2.32. The van der Waals surface area contributed by atoms with Crippen molar-refractivity contribution in [2.75, 3.05) is 13.6 Å². The minimum absolute atomic E-state index is 0.172. The Balaban J connectivity index is 1.37. The number of nitrogens with one attached hydrogen (secondary N) is 1. The molecule has 8 heteroatoms. The maximum Gasteiger partial charge on any atom is 0.255 e. The normalized spacial score (nSPS) is 14.2. The van der Waals surface area contributed by atoms with Gasteiger partial charge in [-0.2, -0.15) is 0 Å². The smallest absolute Gasteiger partial charge is 0.255 e. The van der Waals surface area contributed by atoms with Gasteiger partial charge >= 0.3 is 0 Å². The van der Waals surface area contributed by atoms with Gasteiger partial charge in [-0.3, -0.25) is 10.0 Å². The summed E-state index contributed by atoms with van der Waals surface area (Å²) < 4.78 is 28.9. The van der Waals surface area contributed by atoms with Crippen LogP contribution >= 0.6 is 0 Å². The van der Waals surface area contributed by atoms with Gasteiger partial charge in [-0.25, -0.2) is 5.48 Å². The van der Waals surface area contributed by atoms with Crippen LogP contribution in [0.15, 0.2) is 91.0 Å². The predicted octanol–water partition coefficient (Wildman–Crippen LogP) is 5.12. The van der Waals surface area contributed by atoms with E-state index >= 15 is 0 Å². The second-order valence-corrected chi connectivity index (χ2v) is 9.16. The minimum Gasteiger partial charge on any atom is -0.478 e. The lowest BCUT2D eigenvalue weighted by molar-refractivity contribution is -0.129. The molecule has 2 aliphatic rings. The van der Waals surface area contributed by atoms with Crippen LogP contribution in [0.2, 0.25) is 0 Å². The first-order chi connectivity index (χ1) is 18.5. The molecule has 6 rings (SSSR count). The molecule has 1 atom stereocenters. The molecule has 0 saturated heterocycles. The quantitative estimate of drug-likeness (QED) is 0.263. The van der Waals surface area contributed by atoms with E-state index in [1.807, 2.05) is 97.9 Å². The maximum atomic E-state index is 12.5. The Morgan fingerprint density at radius 2 is 1.29 bits per heavy atom. The highest BCUT2D eigenvalue weighted by Gasteiger charge is 2.35. The molecule has 0 radical (unpaired) electrons. The zero-order chi connectivity index (χ0) is 26.1. The van der Waals surface area contributed by atoms with Gasteiger partial charge < -0.3 is 23.7 Å². The molecule has 0 aromatic heterocycles. The first kappa shape index (κ1) is 23.7. The van der Waals surface area contributed by atoms with Gasteiger partial charge in [0, 0.05) is 11.1 Å². The lowest BCUT2D eigenvalue weighted by Gasteiger charge is -2.32. The third kappa shape index (κ3) is 4.25. The van der Waals surface area contributed by atoms with E-state index in [1.165, 1.54) is 0 Å². The van der Waals surface area contributed by atoms with E-state index < -0.39 is 17.4 Å². The number of carbonyl (C=O) groups is 1. The van der Waals surface area contributed by atoms with Crippen molar-refractivity contribution in [3.63, 3.8) is 0 Å². The average Bonchev–Trinajstić information content (AvgIpc) is 3.63. The molecule has 2 aliphatic heterocycles. The summed E-state index contributed by atoms with van der Waals surface area (Å²) in [7, 11) is 0. The SMILES string of the molecule is CC(Oc1ccc(C(C(=O)NO)c2ccccc2)cc1)(c1ccc2c(c1)OCO2)c1ccc2c(c1)OCO2. The monoisotopic (exact) mass is 511 g/mol. The van der Waals surface area contributed by atoms with Crippen LogP contribution in [0.3, 0.4) is 0 Å². The van der Waals surface area contributed by atoms with Gasteiger partial charge in [-0.1, -0.05) is 54.6 Å². The molecule has 0 spiro atoms. The Hall–Kier alpha value is -4.69. The fourth-order valence-electron chi connectivity index (χ4n) is 4.84. The second kappa shape index (κ2) is 9.64. The average molecular weight is 512 g/mol. The molecule has 0 fully saturated rings. The number of amides is 1. The van der Waals surface area contributed by atoms with Gasteiger partial charge in [0.05, 0.1) is 5.92 Å². The molecular formula is C30H25NO7. The topological polar surface area (TPSA) is 95.5 Å². The first-order valence-electron chi connectivity index (χ1n) is 12.1. The fraction of sp³-hybridized carbons (Fsp3) is 0.167. The van der Waals surface area contributed by atoms with Crippen molar-refractivity contribution >= 4 is 5.91 Å². The summed E-state index contributed by atoms with van der Waals surface area (Å²) in [6.07, 6.45) is 0. The maximum absolute atomic E-state index is 12.5. The van der Waals surface area contributed by atoms with Gasteiger partial charge in [0.2, 0.25) is 13.6 Å². The van der Waals surface area contributed by atoms with E-state index in [1.54, 1.807) is 5.48 Å². The molecular weight excluding hydrogens is 486 g/mol. The van der Waals surface area contributed by atoms with E-state index in [2.05, 4.69) is 0 Å². The number of hydroxylamine groups is 1. The number of rotatable bonds is 7. The van der Waals surface area contributed by atoms with Crippen molar-refractivity contribution in [3.05, 3.63) is 113 Å². The van der Waals surface area contributed by atoms with E-state index in [-0.39, 0.29) is 13.6 Å². The zero-order valence-corrected chi connectivity index (χ0v) is 20.5. The van der Waals surface area contributed by atoms with Gasteiger partial charge in [-0.15, -0.1) is 0 Å². The number of fused-ring (bicyclic) bond motifs is 2. The minimum atomic E-state index is -0.940. The third-order valence-corrected chi connectivity index (χ3v) is 6.89. The molecule has 8 nitrogen and oxygen atoms in total. The predicted molar refractivity (Wildman–Crippen MR) is 137 cm³/mol. The lowest BCUT2D eigenvalue weighted by Crippen LogP contribution is -2.31. The van der Waals surface area contributed by atoms with Gasteiger partial charge in [0.25, 0.3) is 5.91 Å². The second-order valence-electron chi connectivity index (χ2n) is 9.16. The Bertz CT molecular complexity index is 1410. The van der Waals surface area contributed by atoms with Crippen molar-refractivity contribution in [1.29, 1.82) is 0 Å². The number of ether oxygens (including phenoxy) is 5. The van der Waals surface area contributed by atoms with Gasteiger partial charge in [0.15, 0.2) is 28.6 Å². The van der Waals surface area contributed by atoms with Gasteiger partial charge in [-0.05, 0) is 54.4 Å². The van der Waals surface area contributed by atoms with Crippen molar-refractivity contribution in [1.82, 2.24) is 5.48 Å². The Morgan fingerprint density at radius 1 is 0.763 bits per heavy atom.